The molecule has 0 saturated carbocycles. The molecule has 0 aromatic heterocycles. The minimum Gasteiger partial charge on any atom is -0.497 e. The molecule has 7 heteroatoms. The Bertz CT molecular complexity index is 729. The molecule has 140 valence electrons. The number of halogens is 3. The van der Waals surface area contributed by atoms with Gasteiger partial charge in [0.05, 0.1) is 7.11 Å². The van der Waals surface area contributed by atoms with Crippen molar-refractivity contribution in [2.75, 3.05) is 14.2 Å². The molecule has 0 aliphatic carbocycles. The molecule has 2 aromatic rings. The van der Waals surface area contributed by atoms with Crippen LogP contribution in [-0.4, -0.2) is 26.4 Å². The Morgan fingerprint density at radius 3 is 2.00 bits per heavy atom. The quantitative estimate of drug-likeness (QED) is 0.709. The van der Waals surface area contributed by atoms with Gasteiger partial charge in [0.1, 0.15) is 11.9 Å². The SMILES string of the molecule is COc1ccc([C@@H](C)OC(=O)[C@@](OC)(c2ccccc2)C(F)(F)F)cc1. The summed E-state index contributed by atoms with van der Waals surface area (Å²) >= 11 is 0. The number of ether oxygens (including phenoxy) is 3. The first-order valence-electron chi connectivity index (χ1n) is 7.78. The van der Waals surface area contributed by atoms with E-state index in [0.717, 1.165) is 7.11 Å². The van der Waals surface area contributed by atoms with Crippen molar-refractivity contribution in [2.45, 2.75) is 24.8 Å². The van der Waals surface area contributed by atoms with Crippen LogP contribution in [0.2, 0.25) is 0 Å². The molecule has 0 radical (unpaired) electrons. The fourth-order valence-corrected chi connectivity index (χ4v) is 2.57. The molecule has 2 atom stereocenters. The zero-order valence-electron chi connectivity index (χ0n) is 14.5. The lowest BCUT2D eigenvalue weighted by Crippen LogP contribution is -2.51. The van der Waals surface area contributed by atoms with E-state index in [1.54, 1.807) is 30.3 Å². The molecule has 2 rings (SSSR count). The summed E-state index contributed by atoms with van der Waals surface area (Å²) in [5, 5.41) is 0. The van der Waals surface area contributed by atoms with Crippen molar-refractivity contribution in [2.24, 2.45) is 0 Å². The average Bonchev–Trinajstić information content (AvgIpc) is 2.62. The Kier molecular flexibility index (Phi) is 5.92. The molecule has 0 bridgehead atoms. The molecular formula is C19H19F3O4. The Labute approximate surface area is 149 Å². The molecule has 0 aliphatic rings. The number of carbonyl (C=O) groups excluding carboxylic acids is 1. The highest BCUT2D eigenvalue weighted by Crippen LogP contribution is 2.43. The molecule has 26 heavy (non-hydrogen) atoms. The van der Waals surface area contributed by atoms with Gasteiger partial charge in [-0.2, -0.15) is 13.2 Å². The maximum absolute atomic E-state index is 13.8. The fourth-order valence-electron chi connectivity index (χ4n) is 2.57. The number of hydrogen-bond acceptors (Lipinski definition) is 4. The van der Waals surface area contributed by atoms with Crippen molar-refractivity contribution < 1.29 is 32.2 Å². The van der Waals surface area contributed by atoms with Crippen molar-refractivity contribution in [1.82, 2.24) is 0 Å². The molecule has 0 fully saturated rings. The van der Waals surface area contributed by atoms with Crippen LogP contribution in [0.3, 0.4) is 0 Å². The molecule has 0 heterocycles. The van der Waals surface area contributed by atoms with Gasteiger partial charge in [-0.15, -0.1) is 0 Å². The first-order chi connectivity index (χ1) is 12.3. The minimum atomic E-state index is -5.00. The van der Waals surface area contributed by atoms with Gasteiger partial charge in [-0.25, -0.2) is 4.79 Å². The first-order valence-corrected chi connectivity index (χ1v) is 7.78. The van der Waals surface area contributed by atoms with E-state index in [9.17, 15) is 18.0 Å². The molecule has 0 spiro atoms. The van der Waals surface area contributed by atoms with Gasteiger partial charge in [0.2, 0.25) is 0 Å². The van der Waals surface area contributed by atoms with Crippen LogP contribution in [0.5, 0.6) is 5.75 Å². The molecule has 0 aliphatic heterocycles. The number of benzene rings is 2. The normalized spacial score (nSPS) is 15.0. The van der Waals surface area contributed by atoms with E-state index in [1.165, 1.54) is 38.3 Å². The molecule has 2 aromatic carbocycles. The summed E-state index contributed by atoms with van der Waals surface area (Å²) in [6.07, 6.45) is -5.91. The lowest BCUT2D eigenvalue weighted by Gasteiger charge is -2.33. The lowest BCUT2D eigenvalue weighted by molar-refractivity contribution is -0.278. The predicted molar refractivity (Wildman–Crippen MR) is 88.7 cm³/mol. The van der Waals surface area contributed by atoms with Gasteiger partial charge in [-0.3, -0.25) is 0 Å². The minimum absolute atomic E-state index is 0.345. The second kappa shape index (κ2) is 7.78. The average molecular weight is 368 g/mol. The van der Waals surface area contributed by atoms with E-state index in [-0.39, 0.29) is 5.56 Å². The second-order valence-corrected chi connectivity index (χ2v) is 5.57. The molecule has 0 amide bonds. The van der Waals surface area contributed by atoms with Crippen molar-refractivity contribution in [3.63, 3.8) is 0 Å². The summed E-state index contributed by atoms with van der Waals surface area (Å²) in [7, 11) is 2.33. The zero-order chi connectivity index (χ0) is 19.4. The Morgan fingerprint density at radius 2 is 1.54 bits per heavy atom. The van der Waals surface area contributed by atoms with Gasteiger partial charge in [-0.05, 0) is 24.6 Å². The van der Waals surface area contributed by atoms with Crippen LogP contribution in [0.1, 0.15) is 24.2 Å². The van der Waals surface area contributed by atoms with Gasteiger partial charge in [0.25, 0.3) is 5.60 Å². The van der Waals surface area contributed by atoms with Gasteiger partial charge in [0, 0.05) is 12.7 Å². The van der Waals surface area contributed by atoms with Crippen LogP contribution in [0.25, 0.3) is 0 Å². The highest BCUT2D eigenvalue weighted by molar-refractivity contribution is 5.83. The van der Waals surface area contributed by atoms with Crippen molar-refractivity contribution >= 4 is 5.97 Å². The van der Waals surface area contributed by atoms with Crippen molar-refractivity contribution in [3.05, 3.63) is 65.7 Å². The lowest BCUT2D eigenvalue weighted by atomic mass is 9.92. The zero-order valence-corrected chi connectivity index (χ0v) is 14.5. The third-order valence-corrected chi connectivity index (χ3v) is 4.04. The van der Waals surface area contributed by atoms with Crippen LogP contribution in [0.15, 0.2) is 54.6 Å². The van der Waals surface area contributed by atoms with Gasteiger partial charge in [-0.1, -0.05) is 42.5 Å². The van der Waals surface area contributed by atoms with E-state index in [1.807, 2.05) is 0 Å². The van der Waals surface area contributed by atoms with Crippen LogP contribution in [0.4, 0.5) is 13.2 Å². The molecule has 0 N–H and O–H groups in total. The monoisotopic (exact) mass is 368 g/mol. The number of esters is 1. The Hall–Kier alpha value is -2.54. The van der Waals surface area contributed by atoms with Gasteiger partial charge in [0.15, 0.2) is 0 Å². The van der Waals surface area contributed by atoms with E-state index in [2.05, 4.69) is 0 Å². The maximum atomic E-state index is 13.8. The smallest absolute Gasteiger partial charge is 0.432 e. The van der Waals surface area contributed by atoms with Crippen LogP contribution >= 0.6 is 0 Å². The fraction of sp³-hybridized carbons (Fsp3) is 0.316. The molecule has 0 unspecified atom stereocenters. The van der Waals surface area contributed by atoms with Crippen LogP contribution in [0, 0.1) is 0 Å². The van der Waals surface area contributed by atoms with Gasteiger partial charge >= 0.3 is 12.1 Å². The summed E-state index contributed by atoms with van der Waals surface area (Å²) in [5.74, 6) is -0.944. The first kappa shape index (κ1) is 19.8. The number of rotatable bonds is 6. The number of carbonyl (C=O) groups is 1. The topological polar surface area (TPSA) is 44.8 Å². The Balaban J connectivity index is 2.35. The summed E-state index contributed by atoms with van der Waals surface area (Å²) < 4.78 is 56.3. The summed E-state index contributed by atoms with van der Waals surface area (Å²) in [6.45, 7) is 1.49. The standard InChI is InChI=1S/C19H19F3O4/c1-13(14-9-11-16(24-2)12-10-14)26-17(23)18(25-3,19(20,21)22)15-7-5-4-6-8-15/h4-13H,1-3H3/t13-,18+/m1/s1. The van der Waals surface area contributed by atoms with Crippen LogP contribution in [-0.2, 0) is 19.9 Å². The molecular weight excluding hydrogens is 349 g/mol. The number of alkyl halides is 3. The summed E-state index contributed by atoms with van der Waals surface area (Å²) in [5.41, 5.74) is -3.02. The van der Waals surface area contributed by atoms with Gasteiger partial charge < -0.3 is 14.2 Å². The molecule has 0 saturated heterocycles. The molecule has 4 nitrogen and oxygen atoms in total. The van der Waals surface area contributed by atoms with E-state index in [0.29, 0.717) is 11.3 Å². The predicted octanol–water partition coefficient (Wildman–Crippen LogP) is 4.40. The van der Waals surface area contributed by atoms with E-state index < -0.39 is 23.9 Å². The van der Waals surface area contributed by atoms with E-state index >= 15 is 0 Å². The number of methoxy groups -OCH3 is 2. The Morgan fingerprint density at radius 1 is 0.962 bits per heavy atom. The summed E-state index contributed by atoms with van der Waals surface area (Å²) in [4.78, 5) is 12.6. The van der Waals surface area contributed by atoms with E-state index in [4.69, 9.17) is 14.2 Å². The highest BCUT2D eigenvalue weighted by Gasteiger charge is 2.64. The largest absolute Gasteiger partial charge is 0.497 e. The highest BCUT2D eigenvalue weighted by atomic mass is 19.4. The number of hydrogen-bond donors (Lipinski definition) is 0. The van der Waals surface area contributed by atoms with Crippen molar-refractivity contribution in [1.29, 1.82) is 0 Å². The van der Waals surface area contributed by atoms with Crippen LogP contribution < -0.4 is 4.74 Å². The third-order valence-electron chi connectivity index (χ3n) is 4.04. The third kappa shape index (κ3) is 3.67. The second-order valence-electron chi connectivity index (χ2n) is 5.57. The summed E-state index contributed by atoms with van der Waals surface area (Å²) in [6, 6.07) is 13.2. The van der Waals surface area contributed by atoms with Crippen molar-refractivity contribution in [3.8, 4) is 5.75 Å². The maximum Gasteiger partial charge on any atom is 0.432 e.